The Balaban J connectivity index is 2.31. The molecule has 0 fully saturated rings. The van der Waals surface area contributed by atoms with Crippen molar-refractivity contribution >= 4 is 27.5 Å². The molecule has 5 heteroatoms. The van der Waals surface area contributed by atoms with E-state index < -0.39 is 0 Å². The molecule has 1 heterocycles. The highest BCUT2D eigenvalue weighted by molar-refractivity contribution is 9.10. The Morgan fingerprint density at radius 3 is 2.87 bits per heavy atom. The monoisotopic (exact) mass is 288 g/mol. The molecular weight excluding hydrogens is 282 g/mol. The summed E-state index contributed by atoms with van der Waals surface area (Å²) in [6.45, 7) is 0.330. The van der Waals surface area contributed by atoms with E-state index in [1.54, 1.807) is 29.2 Å². The summed E-state index contributed by atoms with van der Waals surface area (Å²) in [5.41, 5.74) is 0.453. The van der Waals surface area contributed by atoms with E-state index in [1.165, 1.54) is 6.07 Å². The minimum Gasteiger partial charge on any atom is -0.267 e. The van der Waals surface area contributed by atoms with E-state index >= 15 is 0 Å². The molecule has 0 aliphatic carbocycles. The number of benzene rings is 1. The second kappa shape index (κ2) is 4.33. The highest BCUT2D eigenvalue weighted by Crippen LogP contribution is 2.20. The Morgan fingerprint density at radius 2 is 2.27 bits per heavy atom. The van der Waals surface area contributed by atoms with Crippen molar-refractivity contribution in [3.05, 3.63) is 51.5 Å². The van der Waals surface area contributed by atoms with Crippen molar-refractivity contribution in [3.63, 3.8) is 0 Å². The van der Waals surface area contributed by atoms with Gasteiger partial charge >= 0.3 is 0 Å². The summed E-state index contributed by atoms with van der Waals surface area (Å²) >= 11 is 9.17. The van der Waals surface area contributed by atoms with Crippen LogP contribution in [-0.2, 0) is 6.54 Å². The van der Waals surface area contributed by atoms with Gasteiger partial charge in [0.15, 0.2) is 0 Å². The zero-order valence-corrected chi connectivity index (χ0v) is 9.96. The average Bonchev–Trinajstić information content (AvgIpc) is 2.58. The lowest BCUT2D eigenvalue weighted by atomic mass is 10.2. The number of aromatic nitrogens is 2. The molecule has 1 aromatic carbocycles. The van der Waals surface area contributed by atoms with Crippen LogP contribution in [0.2, 0.25) is 5.02 Å². The van der Waals surface area contributed by atoms with Gasteiger partial charge in [-0.1, -0.05) is 17.7 Å². The zero-order chi connectivity index (χ0) is 10.8. The summed E-state index contributed by atoms with van der Waals surface area (Å²) in [4.78, 5) is 0. The van der Waals surface area contributed by atoms with Crippen molar-refractivity contribution < 1.29 is 4.39 Å². The molecule has 0 radical (unpaired) electrons. The van der Waals surface area contributed by atoms with E-state index in [9.17, 15) is 4.39 Å². The first kappa shape index (κ1) is 10.6. The SMILES string of the molecule is Fc1cccc(Cl)c1Cn1cc(Br)cn1. The Kier molecular flexibility index (Phi) is 3.07. The summed E-state index contributed by atoms with van der Waals surface area (Å²) in [5.74, 6) is -0.311. The lowest BCUT2D eigenvalue weighted by Crippen LogP contribution is -2.02. The maximum absolute atomic E-state index is 13.4. The largest absolute Gasteiger partial charge is 0.267 e. The average molecular weight is 290 g/mol. The van der Waals surface area contributed by atoms with Crippen molar-refractivity contribution in [2.24, 2.45) is 0 Å². The molecule has 0 aliphatic rings. The zero-order valence-electron chi connectivity index (χ0n) is 7.62. The van der Waals surface area contributed by atoms with Crippen LogP contribution < -0.4 is 0 Å². The number of hydrogen-bond donors (Lipinski definition) is 0. The summed E-state index contributed by atoms with van der Waals surface area (Å²) < 4.78 is 15.9. The summed E-state index contributed by atoms with van der Waals surface area (Å²) in [7, 11) is 0. The van der Waals surface area contributed by atoms with Gasteiger partial charge in [0.05, 0.1) is 17.2 Å². The highest BCUT2D eigenvalue weighted by atomic mass is 79.9. The molecule has 0 N–H and O–H groups in total. The topological polar surface area (TPSA) is 17.8 Å². The second-order valence-electron chi connectivity index (χ2n) is 3.06. The normalized spacial score (nSPS) is 10.6. The van der Waals surface area contributed by atoms with Crippen LogP contribution in [0.25, 0.3) is 0 Å². The molecule has 0 unspecified atom stereocenters. The van der Waals surface area contributed by atoms with Crippen LogP contribution in [0.4, 0.5) is 4.39 Å². The number of hydrogen-bond acceptors (Lipinski definition) is 1. The maximum atomic E-state index is 13.4. The van der Waals surface area contributed by atoms with Crippen LogP contribution in [0.15, 0.2) is 35.1 Å². The van der Waals surface area contributed by atoms with Crippen molar-refractivity contribution in [3.8, 4) is 0 Å². The van der Waals surface area contributed by atoms with Gasteiger partial charge in [0, 0.05) is 16.8 Å². The van der Waals surface area contributed by atoms with Crippen molar-refractivity contribution in [2.75, 3.05) is 0 Å². The molecule has 0 saturated heterocycles. The van der Waals surface area contributed by atoms with Gasteiger partial charge in [0.25, 0.3) is 0 Å². The first-order valence-corrected chi connectivity index (χ1v) is 5.45. The van der Waals surface area contributed by atoms with E-state index in [0.29, 0.717) is 17.1 Å². The summed E-state index contributed by atoms with van der Waals surface area (Å²) in [5, 5.41) is 4.46. The minimum atomic E-state index is -0.311. The molecular formula is C10H7BrClFN2. The van der Waals surface area contributed by atoms with E-state index in [2.05, 4.69) is 21.0 Å². The second-order valence-corrected chi connectivity index (χ2v) is 4.38. The van der Waals surface area contributed by atoms with E-state index in [-0.39, 0.29) is 5.82 Å². The molecule has 0 amide bonds. The standard InChI is InChI=1S/C10H7BrClFN2/c11-7-4-14-15(5-7)6-8-9(12)2-1-3-10(8)13/h1-5H,6H2. The first-order valence-electron chi connectivity index (χ1n) is 4.27. The van der Waals surface area contributed by atoms with Crippen molar-refractivity contribution in [1.82, 2.24) is 9.78 Å². The van der Waals surface area contributed by atoms with E-state index in [1.807, 2.05) is 0 Å². The molecule has 78 valence electrons. The van der Waals surface area contributed by atoms with Gasteiger partial charge in [-0.05, 0) is 28.1 Å². The number of nitrogens with zero attached hydrogens (tertiary/aromatic N) is 2. The smallest absolute Gasteiger partial charge is 0.129 e. The van der Waals surface area contributed by atoms with Gasteiger partial charge in [-0.15, -0.1) is 0 Å². The molecule has 0 bridgehead atoms. The predicted octanol–water partition coefficient (Wildman–Crippen LogP) is 3.49. The quantitative estimate of drug-likeness (QED) is 0.827. The van der Waals surface area contributed by atoms with E-state index in [0.717, 1.165) is 4.47 Å². The van der Waals surface area contributed by atoms with Crippen LogP contribution in [0, 0.1) is 5.82 Å². The van der Waals surface area contributed by atoms with Crippen LogP contribution in [0.1, 0.15) is 5.56 Å². The fourth-order valence-corrected chi connectivity index (χ4v) is 1.82. The summed E-state index contributed by atoms with van der Waals surface area (Å²) in [6.07, 6.45) is 3.41. The van der Waals surface area contributed by atoms with E-state index in [4.69, 9.17) is 11.6 Å². The third-order valence-electron chi connectivity index (χ3n) is 1.98. The Morgan fingerprint density at radius 1 is 1.47 bits per heavy atom. The Bertz CT molecular complexity index is 464. The summed E-state index contributed by atoms with van der Waals surface area (Å²) in [6, 6.07) is 4.64. The molecule has 0 saturated carbocycles. The Labute approximate surface area is 99.8 Å². The van der Waals surface area contributed by atoms with Gasteiger partial charge in [-0.2, -0.15) is 5.10 Å². The van der Waals surface area contributed by atoms with Crippen molar-refractivity contribution in [1.29, 1.82) is 0 Å². The molecule has 2 aromatic rings. The van der Waals surface area contributed by atoms with Crippen LogP contribution >= 0.6 is 27.5 Å². The molecule has 2 rings (SSSR count). The molecule has 1 aromatic heterocycles. The van der Waals surface area contributed by atoms with Crippen LogP contribution in [-0.4, -0.2) is 9.78 Å². The van der Waals surface area contributed by atoms with Gasteiger partial charge in [0.1, 0.15) is 5.82 Å². The third-order valence-corrected chi connectivity index (χ3v) is 2.75. The molecule has 0 spiro atoms. The Hall–Kier alpha value is -0.870. The van der Waals surface area contributed by atoms with Crippen LogP contribution in [0.5, 0.6) is 0 Å². The van der Waals surface area contributed by atoms with Crippen molar-refractivity contribution in [2.45, 2.75) is 6.54 Å². The molecule has 2 nitrogen and oxygen atoms in total. The minimum absolute atomic E-state index is 0.311. The molecule has 15 heavy (non-hydrogen) atoms. The number of rotatable bonds is 2. The fourth-order valence-electron chi connectivity index (χ4n) is 1.27. The van der Waals surface area contributed by atoms with Gasteiger partial charge in [0.2, 0.25) is 0 Å². The van der Waals surface area contributed by atoms with Gasteiger partial charge in [-0.3, -0.25) is 4.68 Å². The highest BCUT2D eigenvalue weighted by Gasteiger charge is 2.07. The maximum Gasteiger partial charge on any atom is 0.129 e. The van der Waals surface area contributed by atoms with Gasteiger partial charge < -0.3 is 0 Å². The van der Waals surface area contributed by atoms with Gasteiger partial charge in [-0.25, -0.2) is 4.39 Å². The first-order chi connectivity index (χ1) is 7.16. The number of halogens is 3. The molecule has 0 atom stereocenters. The van der Waals surface area contributed by atoms with Crippen LogP contribution in [0.3, 0.4) is 0 Å². The molecule has 0 aliphatic heterocycles. The lowest BCUT2D eigenvalue weighted by molar-refractivity contribution is 0.585. The third kappa shape index (κ3) is 2.38. The fraction of sp³-hybridized carbons (Fsp3) is 0.100. The predicted molar refractivity (Wildman–Crippen MR) is 60.4 cm³/mol. The lowest BCUT2D eigenvalue weighted by Gasteiger charge is -2.05.